The molecule has 0 radical (unpaired) electrons. The minimum Gasteiger partial charge on any atom is -0.354 e. The maximum absolute atomic E-state index is 12.8. The molecule has 3 fully saturated rings. The predicted octanol–water partition coefficient (Wildman–Crippen LogP) is 0.508. The van der Waals surface area contributed by atoms with Crippen LogP contribution in [0.2, 0.25) is 0 Å². The van der Waals surface area contributed by atoms with Gasteiger partial charge in [0.15, 0.2) is 0 Å². The fourth-order valence-corrected chi connectivity index (χ4v) is 5.88. The monoisotopic (exact) mass is 420 g/mol. The molecular weight excluding hydrogens is 392 g/mol. The maximum atomic E-state index is 12.8. The van der Waals surface area contributed by atoms with E-state index >= 15 is 0 Å². The van der Waals surface area contributed by atoms with Crippen LogP contribution in [0.25, 0.3) is 0 Å². The average molecular weight is 421 g/mol. The molecule has 9 heteroatoms. The van der Waals surface area contributed by atoms with Crippen molar-refractivity contribution in [3.05, 3.63) is 29.8 Å². The highest BCUT2D eigenvalue weighted by molar-refractivity contribution is 7.89. The number of sulfonamides is 1. The summed E-state index contributed by atoms with van der Waals surface area (Å²) in [5, 5.41) is 2.62. The quantitative estimate of drug-likeness (QED) is 0.767. The number of nitrogens with one attached hydrogen (secondary N) is 1. The van der Waals surface area contributed by atoms with Crippen molar-refractivity contribution in [1.82, 2.24) is 19.4 Å². The summed E-state index contributed by atoms with van der Waals surface area (Å²) in [5.74, 6) is -0.360. The van der Waals surface area contributed by atoms with Crippen molar-refractivity contribution in [2.24, 2.45) is 0 Å². The summed E-state index contributed by atoms with van der Waals surface area (Å²) in [5.41, 5.74) is 0.495. The first kappa shape index (κ1) is 20.3. The molecule has 29 heavy (non-hydrogen) atoms. The molecule has 2 amide bonds. The van der Waals surface area contributed by atoms with Crippen molar-refractivity contribution in [3.8, 4) is 0 Å². The maximum Gasteiger partial charge on any atom is 0.253 e. The van der Waals surface area contributed by atoms with Crippen LogP contribution < -0.4 is 5.32 Å². The Balaban J connectivity index is 1.38. The SMILES string of the molecule is O=C1CN(S(=O)(=O)c2ccc(C(=O)N3CCN(C4CCCC4)CC3)cc2)CCN1. The molecule has 1 aliphatic carbocycles. The van der Waals surface area contributed by atoms with E-state index in [-0.39, 0.29) is 29.8 Å². The molecule has 8 nitrogen and oxygen atoms in total. The molecule has 2 heterocycles. The Hall–Kier alpha value is -1.97. The third-order valence-electron chi connectivity index (χ3n) is 6.18. The topological polar surface area (TPSA) is 90.0 Å². The van der Waals surface area contributed by atoms with Gasteiger partial charge in [-0.2, -0.15) is 4.31 Å². The van der Waals surface area contributed by atoms with E-state index in [4.69, 9.17) is 0 Å². The van der Waals surface area contributed by atoms with Crippen LogP contribution in [0, 0.1) is 0 Å². The number of hydrogen-bond donors (Lipinski definition) is 1. The molecule has 1 aromatic carbocycles. The first-order chi connectivity index (χ1) is 13.9. The van der Waals surface area contributed by atoms with Crippen molar-refractivity contribution < 1.29 is 18.0 Å². The van der Waals surface area contributed by atoms with Crippen molar-refractivity contribution >= 4 is 21.8 Å². The number of carbonyl (C=O) groups is 2. The molecule has 2 aliphatic heterocycles. The second-order valence-corrected chi connectivity index (χ2v) is 9.92. The summed E-state index contributed by atoms with van der Waals surface area (Å²) >= 11 is 0. The van der Waals surface area contributed by atoms with Gasteiger partial charge in [-0.1, -0.05) is 12.8 Å². The molecule has 1 saturated carbocycles. The van der Waals surface area contributed by atoms with Crippen LogP contribution in [-0.4, -0.2) is 86.2 Å². The second-order valence-electron chi connectivity index (χ2n) is 7.98. The van der Waals surface area contributed by atoms with Gasteiger partial charge in [0.2, 0.25) is 15.9 Å². The minimum absolute atomic E-state index is 0.0580. The van der Waals surface area contributed by atoms with E-state index in [2.05, 4.69) is 10.2 Å². The van der Waals surface area contributed by atoms with Gasteiger partial charge in [0, 0.05) is 50.9 Å². The van der Waals surface area contributed by atoms with Gasteiger partial charge in [0.1, 0.15) is 0 Å². The van der Waals surface area contributed by atoms with Crippen LogP contribution in [0.15, 0.2) is 29.2 Å². The molecule has 0 atom stereocenters. The zero-order valence-corrected chi connectivity index (χ0v) is 17.4. The molecule has 4 rings (SSSR count). The number of nitrogens with zero attached hydrogens (tertiary/aromatic N) is 3. The molecule has 0 bridgehead atoms. The molecule has 158 valence electrons. The third-order valence-corrected chi connectivity index (χ3v) is 8.04. The van der Waals surface area contributed by atoms with Crippen molar-refractivity contribution in [3.63, 3.8) is 0 Å². The Labute approximate surface area is 171 Å². The Morgan fingerprint density at radius 3 is 2.24 bits per heavy atom. The molecule has 2 saturated heterocycles. The smallest absolute Gasteiger partial charge is 0.253 e. The molecule has 0 spiro atoms. The van der Waals surface area contributed by atoms with Crippen LogP contribution in [0.5, 0.6) is 0 Å². The molecule has 3 aliphatic rings. The van der Waals surface area contributed by atoms with Gasteiger partial charge < -0.3 is 10.2 Å². The number of benzene rings is 1. The standard InChI is InChI=1S/C20H28N4O4S/c25-19-15-24(10-9-21-19)29(27,28)18-7-5-16(6-8-18)20(26)23-13-11-22(12-14-23)17-3-1-2-4-17/h5-8,17H,1-4,9-15H2,(H,21,25). The lowest BCUT2D eigenvalue weighted by atomic mass is 10.1. The van der Waals surface area contributed by atoms with Crippen LogP contribution in [-0.2, 0) is 14.8 Å². The number of rotatable bonds is 4. The van der Waals surface area contributed by atoms with Crippen molar-refractivity contribution in [1.29, 1.82) is 0 Å². The van der Waals surface area contributed by atoms with E-state index in [0.29, 0.717) is 31.2 Å². The summed E-state index contributed by atoms with van der Waals surface area (Å²) < 4.78 is 26.6. The Morgan fingerprint density at radius 2 is 1.62 bits per heavy atom. The number of carbonyl (C=O) groups excluding carboxylic acids is 2. The van der Waals surface area contributed by atoms with Gasteiger partial charge in [-0.3, -0.25) is 14.5 Å². The third kappa shape index (κ3) is 4.31. The lowest BCUT2D eigenvalue weighted by molar-refractivity contribution is -0.122. The summed E-state index contributed by atoms with van der Waals surface area (Å²) in [7, 11) is -3.74. The first-order valence-corrected chi connectivity index (χ1v) is 11.8. The van der Waals surface area contributed by atoms with E-state index in [1.807, 2.05) is 4.90 Å². The van der Waals surface area contributed by atoms with Gasteiger partial charge in [-0.15, -0.1) is 0 Å². The average Bonchev–Trinajstić information content (AvgIpc) is 3.28. The summed E-state index contributed by atoms with van der Waals surface area (Å²) in [6.07, 6.45) is 5.15. The highest BCUT2D eigenvalue weighted by atomic mass is 32.2. The number of hydrogen-bond acceptors (Lipinski definition) is 5. The molecule has 1 aromatic rings. The fourth-order valence-electron chi connectivity index (χ4n) is 4.48. The number of piperazine rings is 2. The van der Waals surface area contributed by atoms with E-state index in [1.54, 1.807) is 12.1 Å². The first-order valence-electron chi connectivity index (χ1n) is 10.4. The van der Waals surface area contributed by atoms with E-state index in [1.165, 1.54) is 42.1 Å². The van der Waals surface area contributed by atoms with Crippen LogP contribution in [0.1, 0.15) is 36.0 Å². The Bertz CT molecular complexity index is 857. The van der Waals surface area contributed by atoms with E-state index in [9.17, 15) is 18.0 Å². The highest BCUT2D eigenvalue weighted by Gasteiger charge is 2.30. The molecule has 1 N–H and O–H groups in total. The zero-order valence-electron chi connectivity index (χ0n) is 16.5. The van der Waals surface area contributed by atoms with Crippen molar-refractivity contribution in [2.45, 2.75) is 36.6 Å². The van der Waals surface area contributed by atoms with Gasteiger partial charge in [-0.25, -0.2) is 8.42 Å². The predicted molar refractivity (Wildman–Crippen MR) is 108 cm³/mol. The lowest BCUT2D eigenvalue weighted by Crippen LogP contribution is -2.51. The summed E-state index contributed by atoms with van der Waals surface area (Å²) in [6, 6.07) is 6.74. The highest BCUT2D eigenvalue weighted by Crippen LogP contribution is 2.25. The van der Waals surface area contributed by atoms with Crippen LogP contribution >= 0.6 is 0 Å². The lowest BCUT2D eigenvalue weighted by Gasteiger charge is -2.38. The minimum atomic E-state index is -3.74. The normalized spacial score (nSPS) is 22.6. The molecule has 0 unspecified atom stereocenters. The Morgan fingerprint density at radius 1 is 0.966 bits per heavy atom. The second kappa shape index (κ2) is 8.41. The largest absolute Gasteiger partial charge is 0.354 e. The van der Waals surface area contributed by atoms with Gasteiger partial charge in [0.05, 0.1) is 11.4 Å². The number of amides is 2. The van der Waals surface area contributed by atoms with Gasteiger partial charge in [0.25, 0.3) is 5.91 Å². The van der Waals surface area contributed by atoms with E-state index in [0.717, 1.165) is 13.1 Å². The van der Waals surface area contributed by atoms with Crippen LogP contribution in [0.4, 0.5) is 0 Å². The summed E-state index contributed by atoms with van der Waals surface area (Å²) in [4.78, 5) is 28.8. The fraction of sp³-hybridized carbons (Fsp3) is 0.600. The zero-order chi connectivity index (χ0) is 20.4. The van der Waals surface area contributed by atoms with Crippen molar-refractivity contribution in [2.75, 3.05) is 45.8 Å². The summed E-state index contributed by atoms with van der Waals surface area (Å²) in [6.45, 7) is 3.60. The Kier molecular flexibility index (Phi) is 5.89. The van der Waals surface area contributed by atoms with E-state index < -0.39 is 10.0 Å². The van der Waals surface area contributed by atoms with Gasteiger partial charge >= 0.3 is 0 Å². The van der Waals surface area contributed by atoms with Gasteiger partial charge in [-0.05, 0) is 37.1 Å². The molecule has 0 aromatic heterocycles. The van der Waals surface area contributed by atoms with Crippen LogP contribution in [0.3, 0.4) is 0 Å². The molecular formula is C20H28N4O4S.